The lowest BCUT2D eigenvalue weighted by Crippen LogP contribution is -2.07. The average Bonchev–Trinajstić information content (AvgIpc) is 1.95. The summed E-state index contributed by atoms with van der Waals surface area (Å²) in [5, 5.41) is 0.470. The van der Waals surface area contributed by atoms with Crippen LogP contribution in [0.25, 0.3) is 6.08 Å². The summed E-state index contributed by atoms with van der Waals surface area (Å²) in [5.74, 6) is -0.248. The molecule has 0 nitrogen and oxygen atoms in total. The highest BCUT2D eigenvalue weighted by atomic mass is 28.1. The van der Waals surface area contributed by atoms with E-state index in [1.165, 1.54) is 6.07 Å². The maximum absolute atomic E-state index is 12.6. The molecule has 1 rings (SSSR count). The lowest BCUT2D eigenvalue weighted by Gasteiger charge is -1.96. The maximum atomic E-state index is 12.6. The Morgan fingerprint density at radius 1 is 1.50 bits per heavy atom. The fourth-order valence-electron chi connectivity index (χ4n) is 0.670. The molecule has 10 heavy (non-hydrogen) atoms. The van der Waals surface area contributed by atoms with Crippen LogP contribution in [0.2, 0.25) is 0 Å². The Kier molecular flexibility index (Phi) is 2.02. The molecule has 0 heterocycles. The van der Waals surface area contributed by atoms with Gasteiger partial charge in [-0.15, -0.1) is 0 Å². The lowest BCUT2D eigenvalue weighted by molar-refractivity contribution is 0.636. The Labute approximate surface area is 62.8 Å². The van der Waals surface area contributed by atoms with Gasteiger partial charge in [0, 0.05) is 0 Å². The van der Waals surface area contributed by atoms with Gasteiger partial charge in [0.05, 0.1) is 10.2 Å². The van der Waals surface area contributed by atoms with Gasteiger partial charge in [-0.3, -0.25) is 0 Å². The Bertz CT molecular complexity index is 255. The van der Waals surface area contributed by atoms with E-state index < -0.39 is 0 Å². The molecule has 49 valence electrons. The standard InChI is InChI=1S/C8H6FSi/c1-2-6-3-4-7(9)8(10)5-6/h2-5H,1H2. The highest BCUT2D eigenvalue weighted by Crippen LogP contribution is 1.99. The summed E-state index contributed by atoms with van der Waals surface area (Å²) in [6.07, 6.45) is 1.67. The highest BCUT2D eigenvalue weighted by molar-refractivity contribution is 6.32. The molecule has 0 saturated heterocycles. The van der Waals surface area contributed by atoms with Gasteiger partial charge < -0.3 is 0 Å². The molecule has 0 N–H and O–H groups in total. The number of benzene rings is 1. The van der Waals surface area contributed by atoms with Gasteiger partial charge in [0.15, 0.2) is 0 Å². The zero-order chi connectivity index (χ0) is 7.56. The van der Waals surface area contributed by atoms with E-state index in [0.717, 1.165) is 5.56 Å². The fourth-order valence-corrected chi connectivity index (χ4v) is 0.920. The topological polar surface area (TPSA) is 0 Å². The first kappa shape index (κ1) is 7.22. The molecule has 3 radical (unpaired) electrons. The van der Waals surface area contributed by atoms with Crippen LogP contribution in [0.3, 0.4) is 0 Å². The highest BCUT2D eigenvalue weighted by Gasteiger charge is 1.94. The van der Waals surface area contributed by atoms with Crippen molar-refractivity contribution >= 4 is 21.5 Å². The summed E-state index contributed by atoms with van der Waals surface area (Å²) >= 11 is 0. The van der Waals surface area contributed by atoms with E-state index in [9.17, 15) is 4.39 Å². The first-order chi connectivity index (χ1) is 4.74. The van der Waals surface area contributed by atoms with Gasteiger partial charge >= 0.3 is 0 Å². The van der Waals surface area contributed by atoms with E-state index >= 15 is 0 Å². The van der Waals surface area contributed by atoms with Crippen LogP contribution in [0.1, 0.15) is 5.56 Å². The van der Waals surface area contributed by atoms with Crippen molar-refractivity contribution in [2.75, 3.05) is 0 Å². The van der Waals surface area contributed by atoms with Crippen LogP contribution in [-0.4, -0.2) is 10.2 Å². The molecule has 0 aromatic heterocycles. The summed E-state index contributed by atoms with van der Waals surface area (Å²) in [7, 11) is 3.11. The van der Waals surface area contributed by atoms with E-state index in [1.54, 1.807) is 18.2 Å². The van der Waals surface area contributed by atoms with E-state index in [0.29, 0.717) is 5.19 Å². The molecule has 0 saturated carbocycles. The van der Waals surface area contributed by atoms with E-state index in [2.05, 4.69) is 16.8 Å². The largest absolute Gasteiger partial charge is 0.207 e. The van der Waals surface area contributed by atoms with Crippen molar-refractivity contribution in [3.8, 4) is 0 Å². The molecule has 0 unspecified atom stereocenters. The SMILES string of the molecule is C=Cc1ccc(F)c([Si])c1. The lowest BCUT2D eigenvalue weighted by atomic mass is 10.2. The van der Waals surface area contributed by atoms with Gasteiger partial charge in [0.2, 0.25) is 0 Å². The minimum Gasteiger partial charge on any atom is -0.207 e. The van der Waals surface area contributed by atoms with Crippen LogP contribution in [0, 0.1) is 5.82 Å². The second-order valence-electron chi connectivity index (χ2n) is 1.94. The van der Waals surface area contributed by atoms with Crippen molar-refractivity contribution in [1.29, 1.82) is 0 Å². The van der Waals surface area contributed by atoms with Gasteiger partial charge in [0.1, 0.15) is 5.82 Å². The molecule has 1 aromatic rings. The van der Waals surface area contributed by atoms with E-state index in [1.807, 2.05) is 0 Å². The molecule has 0 aliphatic heterocycles. The molecule has 1 aromatic carbocycles. The molecule has 0 spiro atoms. The second kappa shape index (κ2) is 2.79. The van der Waals surface area contributed by atoms with Crippen molar-refractivity contribution in [1.82, 2.24) is 0 Å². The maximum Gasteiger partial charge on any atom is 0.121 e. The van der Waals surface area contributed by atoms with Crippen molar-refractivity contribution < 1.29 is 4.39 Å². The molecule has 0 aliphatic carbocycles. The molecular formula is C8H6FSi. The number of halogens is 1. The third kappa shape index (κ3) is 1.33. The summed E-state index contributed by atoms with van der Waals surface area (Å²) < 4.78 is 12.6. The molecule has 0 fully saturated rings. The van der Waals surface area contributed by atoms with Crippen molar-refractivity contribution in [3.05, 3.63) is 36.2 Å². The predicted octanol–water partition coefficient (Wildman–Crippen LogP) is 1.26. The molecule has 0 aliphatic rings. The van der Waals surface area contributed by atoms with Crippen molar-refractivity contribution in [2.24, 2.45) is 0 Å². The zero-order valence-corrected chi connectivity index (χ0v) is 6.39. The molecule has 2 heteroatoms. The van der Waals surface area contributed by atoms with Crippen LogP contribution >= 0.6 is 0 Å². The molecule has 0 atom stereocenters. The quantitative estimate of drug-likeness (QED) is 0.527. The third-order valence-corrected chi connectivity index (χ3v) is 1.61. The zero-order valence-electron chi connectivity index (χ0n) is 5.39. The van der Waals surface area contributed by atoms with Crippen LogP contribution in [0.4, 0.5) is 4.39 Å². The van der Waals surface area contributed by atoms with Crippen LogP contribution in [0.5, 0.6) is 0 Å². The Hall–Kier alpha value is -0.893. The summed E-state index contributed by atoms with van der Waals surface area (Å²) in [4.78, 5) is 0. The first-order valence-electron chi connectivity index (χ1n) is 2.87. The molecule has 0 bridgehead atoms. The third-order valence-electron chi connectivity index (χ3n) is 1.23. The number of rotatable bonds is 1. The minimum atomic E-state index is -0.248. The van der Waals surface area contributed by atoms with Crippen LogP contribution < -0.4 is 5.19 Å². The number of hydrogen-bond acceptors (Lipinski definition) is 0. The second-order valence-corrected chi connectivity index (χ2v) is 2.48. The Morgan fingerprint density at radius 2 is 2.20 bits per heavy atom. The van der Waals surface area contributed by atoms with Gasteiger partial charge in [-0.25, -0.2) is 4.39 Å². The first-order valence-corrected chi connectivity index (χ1v) is 3.37. The minimum absolute atomic E-state index is 0.248. The summed E-state index contributed by atoms with van der Waals surface area (Å²) in [6, 6.07) is 4.75. The fraction of sp³-hybridized carbons (Fsp3) is 0. The van der Waals surface area contributed by atoms with Gasteiger partial charge in [-0.2, -0.15) is 0 Å². The van der Waals surface area contributed by atoms with Crippen LogP contribution in [0.15, 0.2) is 24.8 Å². The van der Waals surface area contributed by atoms with Gasteiger partial charge in [-0.05, 0) is 16.8 Å². The van der Waals surface area contributed by atoms with Gasteiger partial charge in [0.25, 0.3) is 0 Å². The summed E-state index contributed by atoms with van der Waals surface area (Å²) in [6.45, 7) is 3.56. The normalized spacial score (nSPS) is 9.40. The predicted molar refractivity (Wildman–Crippen MR) is 41.9 cm³/mol. The molecule has 0 amide bonds. The van der Waals surface area contributed by atoms with Crippen LogP contribution in [-0.2, 0) is 0 Å². The van der Waals surface area contributed by atoms with E-state index in [4.69, 9.17) is 0 Å². The van der Waals surface area contributed by atoms with Crippen molar-refractivity contribution in [2.45, 2.75) is 0 Å². The van der Waals surface area contributed by atoms with Crippen molar-refractivity contribution in [3.63, 3.8) is 0 Å². The smallest absolute Gasteiger partial charge is 0.121 e. The van der Waals surface area contributed by atoms with Gasteiger partial charge in [-0.1, -0.05) is 24.8 Å². The monoisotopic (exact) mass is 149 g/mol. The Balaban J connectivity index is 3.16. The Morgan fingerprint density at radius 3 is 2.70 bits per heavy atom. The summed E-state index contributed by atoms with van der Waals surface area (Å²) in [5.41, 5.74) is 0.909. The van der Waals surface area contributed by atoms with E-state index in [-0.39, 0.29) is 5.82 Å². The molecular weight excluding hydrogens is 143 g/mol. The number of hydrogen-bond donors (Lipinski definition) is 0. The average molecular weight is 149 g/mol.